The molecule has 1 aliphatic carbocycles. The molecule has 18 heavy (non-hydrogen) atoms. The van der Waals surface area contributed by atoms with E-state index in [9.17, 15) is 4.79 Å². The van der Waals surface area contributed by atoms with E-state index in [0.29, 0.717) is 6.42 Å². The van der Waals surface area contributed by atoms with Gasteiger partial charge in [0.05, 0.1) is 0 Å². The predicted molar refractivity (Wildman–Crippen MR) is 79.9 cm³/mol. The molecule has 0 aliphatic heterocycles. The van der Waals surface area contributed by atoms with Crippen molar-refractivity contribution < 1.29 is 4.79 Å². The predicted octanol–water partition coefficient (Wildman–Crippen LogP) is 2.69. The second kappa shape index (κ2) is 8.81. The van der Waals surface area contributed by atoms with E-state index in [0.717, 1.165) is 25.8 Å². The Kier molecular flexibility index (Phi) is 7.75. The van der Waals surface area contributed by atoms with E-state index in [1.807, 2.05) is 11.8 Å². The third kappa shape index (κ3) is 6.64. The van der Waals surface area contributed by atoms with Gasteiger partial charge in [-0.3, -0.25) is 4.79 Å². The van der Waals surface area contributed by atoms with E-state index < -0.39 is 0 Å². The van der Waals surface area contributed by atoms with E-state index in [2.05, 4.69) is 11.6 Å². The van der Waals surface area contributed by atoms with Crippen LogP contribution in [0.1, 0.15) is 57.8 Å². The molecule has 1 amide bonds. The standard InChI is InChI=1S/C14H28N2OS/c1-18-11-7-3-2-6-10-16-13(17)12-14(15)8-4-5-9-14/h2-12,15H2,1H3,(H,16,17). The van der Waals surface area contributed by atoms with Crippen LogP contribution >= 0.6 is 11.8 Å². The molecular formula is C14H28N2OS. The van der Waals surface area contributed by atoms with Gasteiger partial charge < -0.3 is 11.1 Å². The summed E-state index contributed by atoms with van der Waals surface area (Å²) in [4.78, 5) is 11.7. The Bertz CT molecular complexity index is 240. The van der Waals surface area contributed by atoms with Crippen LogP contribution in [0, 0.1) is 0 Å². The van der Waals surface area contributed by atoms with Gasteiger partial charge >= 0.3 is 0 Å². The lowest BCUT2D eigenvalue weighted by Crippen LogP contribution is -2.42. The number of hydrogen-bond donors (Lipinski definition) is 2. The molecule has 1 rings (SSSR count). The average molecular weight is 272 g/mol. The maximum atomic E-state index is 11.7. The summed E-state index contributed by atoms with van der Waals surface area (Å²) in [5.41, 5.74) is 5.98. The molecule has 0 aromatic carbocycles. The molecule has 0 heterocycles. The largest absolute Gasteiger partial charge is 0.356 e. The fraction of sp³-hybridized carbons (Fsp3) is 0.929. The van der Waals surface area contributed by atoms with E-state index in [4.69, 9.17) is 5.73 Å². The number of hydrogen-bond acceptors (Lipinski definition) is 3. The van der Waals surface area contributed by atoms with Crippen molar-refractivity contribution in [1.82, 2.24) is 5.32 Å². The summed E-state index contributed by atoms with van der Waals surface area (Å²) in [5.74, 6) is 1.39. The van der Waals surface area contributed by atoms with Crippen LogP contribution in [0.15, 0.2) is 0 Å². The highest BCUT2D eigenvalue weighted by Gasteiger charge is 2.31. The highest BCUT2D eigenvalue weighted by molar-refractivity contribution is 7.98. The number of rotatable bonds is 9. The smallest absolute Gasteiger partial charge is 0.221 e. The van der Waals surface area contributed by atoms with Gasteiger partial charge in [-0.1, -0.05) is 25.7 Å². The van der Waals surface area contributed by atoms with Gasteiger partial charge in [0, 0.05) is 18.5 Å². The van der Waals surface area contributed by atoms with Crippen LogP contribution in [0.5, 0.6) is 0 Å². The Balaban J connectivity index is 1.97. The maximum absolute atomic E-state index is 11.7. The molecule has 1 fully saturated rings. The third-order valence-corrected chi connectivity index (χ3v) is 4.41. The number of amides is 1. The first kappa shape index (κ1) is 15.8. The molecule has 3 N–H and O–H groups in total. The number of unbranched alkanes of at least 4 members (excludes halogenated alkanes) is 3. The zero-order valence-electron chi connectivity index (χ0n) is 11.7. The molecule has 0 unspecified atom stereocenters. The van der Waals surface area contributed by atoms with Gasteiger partial charge in [0.25, 0.3) is 0 Å². The third-order valence-electron chi connectivity index (χ3n) is 3.71. The van der Waals surface area contributed by atoms with E-state index in [1.54, 1.807) is 0 Å². The number of thioether (sulfide) groups is 1. The lowest BCUT2D eigenvalue weighted by Gasteiger charge is -2.22. The highest BCUT2D eigenvalue weighted by atomic mass is 32.2. The molecule has 0 aromatic heterocycles. The first-order valence-electron chi connectivity index (χ1n) is 7.21. The minimum Gasteiger partial charge on any atom is -0.356 e. The molecule has 106 valence electrons. The van der Waals surface area contributed by atoms with Gasteiger partial charge in [0.15, 0.2) is 0 Å². The second-order valence-corrected chi connectivity index (χ2v) is 6.49. The Morgan fingerprint density at radius 1 is 1.22 bits per heavy atom. The van der Waals surface area contributed by atoms with Crippen LogP contribution in [0.25, 0.3) is 0 Å². The summed E-state index contributed by atoms with van der Waals surface area (Å²) in [6, 6.07) is 0. The second-order valence-electron chi connectivity index (χ2n) is 5.50. The van der Waals surface area contributed by atoms with Crippen LogP contribution in [0.2, 0.25) is 0 Å². The SMILES string of the molecule is CSCCCCCCNC(=O)CC1(N)CCCC1. The zero-order chi connectivity index (χ0) is 13.3. The Morgan fingerprint density at radius 3 is 2.56 bits per heavy atom. The fourth-order valence-electron chi connectivity index (χ4n) is 2.59. The van der Waals surface area contributed by atoms with E-state index in [-0.39, 0.29) is 11.4 Å². The van der Waals surface area contributed by atoms with Crippen molar-refractivity contribution in [3.63, 3.8) is 0 Å². The van der Waals surface area contributed by atoms with Crippen molar-refractivity contribution in [2.45, 2.75) is 63.3 Å². The molecule has 3 nitrogen and oxygen atoms in total. The molecule has 0 aromatic rings. The van der Waals surface area contributed by atoms with Gasteiger partial charge in [-0.05, 0) is 37.7 Å². The van der Waals surface area contributed by atoms with Crippen molar-refractivity contribution in [2.24, 2.45) is 5.73 Å². The van der Waals surface area contributed by atoms with Crippen LogP contribution in [0.4, 0.5) is 0 Å². The van der Waals surface area contributed by atoms with E-state index >= 15 is 0 Å². The lowest BCUT2D eigenvalue weighted by molar-refractivity contribution is -0.122. The highest BCUT2D eigenvalue weighted by Crippen LogP contribution is 2.29. The van der Waals surface area contributed by atoms with Crippen LogP contribution in [-0.4, -0.2) is 30.0 Å². The Hall–Kier alpha value is -0.220. The van der Waals surface area contributed by atoms with Gasteiger partial charge in [0.2, 0.25) is 5.91 Å². The molecule has 0 radical (unpaired) electrons. The first-order valence-corrected chi connectivity index (χ1v) is 8.60. The summed E-state index contributed by atoms with van der Waals surface area (Å²) in [6.45, 7) is 0.814. The quantitative estimate of drug-likeness (QED) is 0.635. The van der Waals surface area contributed by atoms with Crippen molar-refractivity contribution in [2.75, 3.05) is 18.6 Å². The van der Waals surface area contributed by atoms with Crippen molar-refractivity contribution in [1.29, 1.82) is 0 Å². The van der Waals surface area contributed by atoms with Crippen molar-refractivity contribution in [3.8, 4) is 0 Å². The Labute approximate surface area is 116 Å². The summed E-state index contributed by atoms with van der Waals surface area (Å²) in [6.07, 6.45) is 11.9. The molecule has 0 bridgehead atoms. The molecule has 1 saturated carbocycles. The number of nitrogens with one attached hydrogen (secondary N) is 1. The van der Waals surface area contributed by atoms with Gasteiger partial charge in [-0.15, -0.1) is 0 Å². The normalized spacial score (nSPS) is 17.9. The van der Waals surface area contributed by atoms with E-state index in [1.165, 1.54) is 37.9 Å². The topological polar surface area (TPSA) is 55.1 Å². The summed E-state index contributed by atoms with van der Waals surface area (Å²) >= 11 is 1.90. The molecule has 0 spiro atoms. The maximum Gasteiger partial charge on any atom is 0.221 e. The minimum absolute atomic E-state index is 0.142. The number of carbonyl (C=O) groups excluding carboxylic acids is 1. The van der Waals surface area contributed by atoms with Crippen molar-refractivity contribution >= 4 is 17.7 Å². The zero-order valence-corrected chi connectivity index (χ0v) is 12.5. The first-order chi connectivity index (χ1) is 8.66. The van der Waals surface area contributed by atoms with Crippen LogP contribution in [0.3, 0.4) is 0 Å². The molecule has 4 heteroatoms. The average Bonchev–Trinajstić information content (AvgIpc) is 2.74. The molecule has 0 saturated heterocycles. The summed E-state index contributed by atoms with van der Waals surface area (Å²) in [7, 11) is 0. The minimum atomic E-state index is -0.206. The molecule has 1 aliphatic rings. The van der Waals surface area contributed by atoms with Crippen LogP contribution in [-0.2, 0) is 4.79 Å². The molecular weight excluding hydrogens is 244 g/mol. The summed E-state index contributed by atoms with van der Waals surface area (Å²) in [5, 5.41) is 3.00. The summed E-state index contributed by atoms with van der Waals surface area (Å²) < 4.78 is 0. The van der Waals surface area contributed by atoms with Crippen molar-refractivity contribution in [3.05, 3.63) is 0 Å². The Morgan fingerprint density at radius 2 is 1.89 bits per heavy atom. The number of carbonyl (C=O) groups is 1. The lowest BCUT2D eigenvalue weighted by atomic mass is 9.94. The fourth-order valence-corrected chi connectivity index (χ4v) is 3.08. The molecule has 0 atom stereocenters. The number of nitrogens with two attached hydrogens (primary N) is 1. The van der Waals surface area contributed by atoms with Gasteiger partial charge in [0.1, 0.15) is 0 Å². The monoisotopic (exact) mass is 272 g/mol. The van der Waals surface area contributed by atoms with Crippen LogP contribution < -0.4 is 11.1 Å². The van der Waals surface area contributed by atoms with Gasteiger partial charge in [-0.25, -0.2) is 0 Å². The van der Waals surface area contributed by atoms with Gasteiger partial charge in [-0.2, -0.15) is 11.8 Å².